The average molecular weight is 297 g/mol. The Bertz CT molecular complexity index is 459. The molecule has 0 saturated carbocycles. The Morgan fingerprint density at radius 3 is 2.80 bits per heavy atom. The van der Waals surface area contributed by atoms with Gasteiger partial charge in [-0.25, -0.2) is 0 Å². The molecule has 1 N–H and O–H groups in total. The number of methoxy groups -OCH3 is 1. The summed E-state index contributed by atoms with van der Waals surface area (Å²) in [5, 5.41) is 3.81. The maximum Gasteiger partial charge on any atom is 0.236 e. The van der Waals surface area contributed by atoms with Crippen LogP contribution in [0.2, 0.25) is 5.02 Å². The van der Waals surface area contributed by atoms with E-state index >= 15 is 0 Å². The third-order valence-electron chi connectivity index (χ3n) is 3.58. The minimum absolute atomic E-state index is 0.163. The largest absolute Gasteiger partial charge is 0.496 e. The normalized spacial score (nSPS) is 15.2. The maximum absolute atomic E-state index is 12.0. The second kappa shape index (κ2) is 7.50. The number of benzene rings is 1. The van der Waals surface area contributed by atoms with Gasteiger partial charge in [0.25, 0.3) is 0 Å². The molecule has 0 aliphatic carbocycles. The molecular formula is C15H21ClN2O2. The van der Waals surface area contributed by atoms with Crippen LogP contribution in [-0.4, -0.2) is 37.6 Å². The third kappa shape index (κ3) is 3.87. The van der Waals surface area contributed by atoms with E-state index < -0.39 is 0 Å². The lowest BCUT2D eigenvalue weighted by Crippen LogP contribution is -2.41. The van der Waals surface area contributed by atoms with Crippen LogP contribution >= 0.6 is 11.6 Å². The number of carbonyl (C=O) groups is 1. The minimum atomic E-state index is 0.163. The van der Waals surface area contributed by atoms with E-state index in [1.54, 1.807) is 7.11 Å². The molecule has 0 aromatic heterocycles. The summed E-state index contributed by atoms with van der Waals surface area (Å²) in [6.07, 6.45) is 3.46. The van der Waals surface area contributed by atoms with Gasteiger partial charge < -0.3 is 15.0 Å². The van der Waals surface area contributed by atoms with Crippen molar-refractivity contribution in [1.82, 2.24) is 10.2 Å². The van der Waals surface area contributed by atoms with Crippen LogP contribution in [0.4, 0.5) is 0 Å². The van der Waals surface area contributed by atoms with Gasteiger partial charge >= 0.3 is 0 Å². The fourth-order valence-corrected chi connectivity index (χ4v) is 2.68. The smallest absolute Gasteiger partial charge is 0.236 e. The van der Waals surface area contributed by atoms with Gasteiger partial charge in [-0.2, -0.15) is 0 Å². The molecule has 1 aliphatic heterocycles. The van der Waals surface area contributed by atoms with Crippen LogP contribution in [0, 0.1) is 0 Å². The molecule has 1 heterocycles. The van der Waals surface area contributed by atoms with Crippen LogP contribution in [0.15, 0.2) is 18.2 Å². The molecule has 0 bridgehead atoms. The molecule has 5 heteroatoms. The van der Waals surface area contributed by atoms with Crippen LogP contribution in [0.1, 0.15) is 24.8 Å². The molecule has 0 radical (unpaired) electrons. The zero-order chi connectivity index (χ0) is 14.4. The molecule has 1 aliphatic rings. The predicted octanol–water partition coefficient (Wildman–Crippen LogP) is 2.45. The van der Waals surface area contributed by atoms with E-state index in [2.05, 4.69) is 5.32 Å². The van der Waals surface area contributed by atoms with Crippen molar-refractivity contribution in [3.05, 3.63) is 28.8 Å². The van der Waals surface area contributed by atoms with Crippen LogP contribution in [0.3, 0.4) is 0 Å². The zero-order valence-electron chi connectivity index (χ0n) is 11.8. The molecule has 1 aromatic carbocycles. The topological polar surface area (TPSA) is 41.6 Å². The van der Waals surface area contributed by atoms with Crippen LogP contribution in [-0.2, 0) is 11.3 Å². The fourth-order valence-electron chi connectivity index (χ4n) is 2.45. The first-order chi connectivity index (χ1) is 9.72. The first-order valence-electron chi connectivity index (χ1n) is 7.02. The molecule has 1 saturated heterocycles. The van der Waals surface area contributed by atoms with E-state index in [9.17, 15) is 4.79 Å². The summed E-state index contributed by atoms with van der Waals surface area (Å²) >= 11 is 6.16. The van der Waals surface area contributed by atoms with Crippen LogP contribution in [0.5, 0.6) is 5.75 Å². The molecule has 4 nitrogen and oxygen atoms in total. The van der Waals surface area contributed by atoms with Gasteiger partial charge in [-0.3, -0.25) is 4.79 Å². The Morgan fingerprint density at radius 1 is 1.35 bits per heavy atom. The van der Waals surface area contributed by atoms with E-state index in [0.717, 1.165) is 37.2 Å². The number of halogens is 1. The first kappa shape index (κ1) is 15.1. The Kier molecular flexibility index (Phi) is 5.68. The van der Waals surface area contributed by atoms with Gasteiger partial charge in [0.15, 0.2) is 0 Å². The zero-order valence-corrected chi connectivity index (χ0v) is 12.6. The molecule has 1 fully saturated rings. The summed E-state index contributed by atoms with van der Waals surface area (Å²) < 4.78 is 5.28. The standard InChI is InChI=1S/C15H21ClN2O2/c1-20-14-7-5-6-13(16)12(14)10-17-11-15(19)18-8-3-2-4-9-18/h5-7,17H,2-4,8-11H2,1H3. The molecule has 20 heavy (non-hydrogen) atoms. The Hall–Kier alpha value is -1.26. The Labute approximate surface area is 125 Å². The maximum atomic E-state index is 12.0. The highest BCUT2D eigenvalue weighted by atomic mass is 35.5. The van der Waals surface area contributed by atoms with E-state index in [1.807, 2.05) is 23.1 Å². The number of nitrogens with zero attached hydrogens (tertiary/aromatic N) is 1. The lowest BCUT2D eigenvalue weighted by atomic mass is 10.1. The Balaban J connectivity index is 1.85. The van der Waals surface area contributed by atoms with Crippen LogP contribution < -0.4 is 10.1 Å². The van der Waals surface area contributed by atoms with Crippen molar-refractivity contribution in [3.63, 3.8) is 0 Å². The lowest BCUT2D eigenvalue weighted by molar-refractivity contribution is -0.131. The second-order valence-corrected chi connectivity index (χ2v) is 5.37. The number of piperidine rings is 1. The lowest BCUT2D eigenvalue weighted by Gasteiger charge is -2.26. The van der Waals surface area contributed by atoms with Gasteiger partial charge in [0.05, 0.1) is 13.7 Å². The van der Waals surface area contributed by atoms with Crippen molar-refractivity contribution in [2.24, 2.45) is 0 Å². The molecule has 0 spiro atoms. The number of amides is 1. The van der Waals surface area contributed by atoms with Crippen molar-refractivity contribution < 1.29 is 9.53 Å². The summed E-state index contributed by atoms with van der Waals surface area (Å²) in [6.45, 7) is 2.64. The number of ether oxygens (including phenoxy) is 1. The van der Waals surface area contributed by atoms with E-state index in [4.69, 9.17) is 16.3 Å². The van der Waals surface area contributed by atoms with Crippen LogP contribution in [0.25, 0.3) is 0 Å². The van der Waals surface area contributed by atoms with Gasteiger partial charge in [-0.05, 0) is 31.4 Å². The van der Waals surface area contributed by atoms with Crippen molar-refractivity contribution >= 4 is 17.5 Å². The number of carbonyl (C=O) groups excluding carboxylic acids is 1. The number of nitrogens with one attached hydrogen (secondary N) is 1. The van der Waals surface area contributed by atoms with E-state index in [1.165, 1.54) is 6.42 Å². The summed E-state index contributed by atoms with van der Waals surface area (Å²) in [4.78, 5) is 14.0. The summed E-state index contributed by atoms with van der Waals surface area (Å²) in [7, 11) is 1.62. The van der Waals surface area contributed by atoms with Gasteiger partial charge in [0, 0.05) is 30.2 Å². The van der Waals surface area contributed by atoms with Gasteiger partial charge in [0.2, 0.25) is 5.91 Å². The summed E-state index contributed by atoms with van der Waals surface area (Å²) in [5.41, 5.74) is 0.892. The molecule has 0 atom stereocenters. The highest BCUT2D eigenvalue weighted by Gasteiger charge is 2.16. The summed E-state index contributed by atoms with van der Waals surface area (Å²) in [5.74, 6) is 0.908. The molecule has 1 amide bonds. The molecule has 1 aromatic rings. The van der Waals surface area contributed by atoms with E-state index in [-0.39, 0.29) is 5.91 Å². The highest BCUT2D eigenvalue weighted by Crippen LogP contribution is 2.25. The number of hydrogen-bond donors (Lipinski definition) is 1. The minimum Gasteiger partial charge on any atom is -0.496 e. The first-order valence-corrected chi connectivity index (χ1v) is 7.40. The summed E-state index contributed by atoms with van der Waals surface area (Å²) in [6, 6.07) is 5.55. The fraction of sp³-hybridized carbons (Fsp3) is 0.533. The Morgan fingerprint density at radius 2 is 2.10 bits per heavy atom. The highest BCUT2D eigenvalue weighted by molar-refractivity contribution is 6.31. The molecular weight excluding hydrogens is 276 g/mol. The van der Waals surface area contributed by atoms with Gasteiger partial charge in [0.1, 0.15) is 5.75 Å². The van der Waals surface area contributed by atoms with Crippen molar-refractivity contribution in [3.8, 4) is 5.75 Å². The number of rotatable bonds is 5. The predicted molar refractivity (Wildman–Crippen MR) is 80.1 cm³/mol. The molecule has 0 unspecified atom stereocenters. The average Bonchev–Trinajstić information content (AvgIpc) is 2.49. The SMILES string of the molecule is COc1cccc(Cl)c1CNCC(=O)N1CCCCC1. The monoisotopic (exact) mass is 296 g/mol. The third-order valence-corrected chi connectivity index (χ3v) is 3.94. The molecule has 2 rings (SSSR count). The van der Waals surface area contributed by atoms with E-state index in [0.29, 0.717) is 18.1 Å². The van der Waals surface area contributed by atoms with Gasteiger partial charge in [-0.1, -0.05) is 17.7 Å². The van der Waals surface area contributed by atoms with Crippen molar-refractivity contribution in [2.45, 2.75) is 25.8 Å². The number of hydrogen-bond acceptors (Lipinski definition) is 3. The van der Waals surface area contributed by atoms with Crippen molar-refractivity contribution in [2.75, 3.05) is 26.7 Å². The van der Waals surface area contributed by atoms with Crippen molar-refractivity contribution in [1.29, 1.82) is 0 Å². The molecule has 110 valence electrons. The van der Waals surface area contributed by atoms with Gasteiger partial charge in [-0.15, -0.1) is 0 Å². The number of likely N-dealkylation sites (tertiary alicyclic amines) is 1. The second-order valence-electron chi connectivity index (χ2n) is 4.97. The quantitative estimate of drug-likeness (QED) is 0.907.